The Kier molecular flexibility index (Phi) is 12.3. The number of unbranched alkanes of at least 4 members (excludes halogenated alkanes) is 1. The molecule has 0 saturated heterocycles. The van der Waals surface area contributed by atoms with Crippen molar-refractivity contribution in [3.63, 3.8) is 0 Å². The Morgan fingerprint density at radius 1 is 1.60 bits per heavy atom. The van der Waals surface area contributed by atoms with Crippen molar-refractivity contribution in [3.8, 4) is 0 Å². The second-order valence-electron chi connectivity index (χ2n) is 1.90. The van der Waals surface area contributed by atoms with Crippen molar-refractivity contribution in [2.45, 2.75) is 19.8 Å². The van der Waals surface area contributed by atoms with E-state index in [2.05, 4.69) is 12.2 Å². The van der Waals surface area contributed by atoms with Crippen LogP contribution in [0.5, 0.6) is 0 Å². The summed E-state index contributed by atoms with van der Waals surface area (Å²) in [5.41, 5.74) is 0. The van der Waals surface area contributed by atoms with E-state index in [4.69, 9.17) is 0 Å². The molecule has 0 aliphatic rings. The number of rotatable bonds is 5. The predicted octanol–water partition coefficient (Wildman–Crippen LogP) is -3.87. The largest absolute Gasteiger partial charge is 1.00 e. The Bertz CT molecular complexity index is 87.8. The maximum absolute atomic E-state index is 9.79. The molecule has 0 heterocycles. The van der Waals surface area contributed by atoms with Crippen molar-refractivity contribution in [2.75, 3.05) is 13.1 Å². The zero-order chi connectivity index (χ0) is 7.11. The zero-order valence-electron chi connectivity index (χ0n) is 6.64. The van der Waals surface area contributed by atoms with Crippen LogP contribution in [-0.4, -0.2) is 19.1 Å². The first-order chi connectivity index (χ1) is 4.27. The van der Waals surface area contributed by atoms with Gasteiger partial charge in [-0.15, -0.1) is 0 Å². The summed E-state index contributed by atoms with van der Waals surface area (Å²) in [6.07, 6.45) is 2.10. The number of carboxylic acid groups (broad SMARTS) is 1. The molecular formula is C6H12NNaO2. The SMILES string of the molecule is CCCCNCC(=O)[O-].[Na+]. The van der Waals surface area contributed by atoms with Crippen LogP contribution in [0.1, 0.15) is 19.8 Å². The van der Waals surface area contributed by atoms with Gasteiger partial charge in [-0.05, 0) is 13.0 Å². The summed E-state index contributed by atoms with van der Waals surface area (Å²) in [5, 5.41) is 12.5. The van der Waals surface area contributed by atoms with Crippen molar-refractivity contribution in [3.05, 3.63) is 0 Å². The van der Waals surface area contributed by atoms with E-state index < -0.39 is 5.97 Å². The van der Waals surface area contributed by atoms with E-state index >= 15 is 0 Å². The Morgan fingerprint density at radius 3 is 2.60 bits per heavy atom. The van der Waals surface area contributed by atoms with Crippen molar-refractivity contribution in [1.29, 1.82) is 0 Å². The van der Waals surface area contributed by atoms with Gasteiger partial charge in [0.15, 0.2) is 0 Å². The third-order valence-electron chi connectivity index (χ3n) is 0.976. The van der Waals surface area contributed by atoms with Gasteiger partial charge in [-0.25, -0.2) is 0 Å². The smallest absolute Gasteiger partial charge is 0.549 e. The Hall–Kier alpha value is 0.430. The van der Waals surface area contributed by atoms with Gasteiger partial charge in [0.25, 0.3) is 0 Å². The van der Waals surface area contributed by atoms with E-state index in [0.717, 1.165) is 19.4 Å². The summed E-state index contributed by atoms with van der Waals surface area (Å²) in [6.45, 7) is 2.80. The first-order valence-electron chi connectivity index (χ1n) is 3.18. The minimum absolute atomic E-state index is 0. The van der Waals surface area contributed by atoms with E-state index in [1.165, 1.54) is 0 Å². The number of nitrogens with one attached hydrogen (secondary N) is 1. The maximum atomic E-state index is 9.79. The topological polar surface area (TPSA) is 52.2 Å². The number of hydrogen-bond acceptors (Lipinski definition) is 3. The van der Waals surface area contributed by atoms with E-state index in [0.29, 0.717) is 0 Å². The van der Waals surface area contributed by atoms with E-state index in [1.54, 1.807) is 0 Å². The molecule has 3 nitrogen and oxygen atoms in total. The fourth-order valence-electron chi connectivity index (χ4n) is 0.492. The molecule has 0 unspecified atom stereocenters. The Balaban J connectivity index is 0. The van der Waals surface area contributed by atoms with Gasteiger partial charge in [0.1, 0.15) is 0 Å². The standard InChI is InChI=1S/C6H13NO2.Na/c1-2-3-4-7-5-6(8)9;/h7H,2-5H2,1H3,(H,8,9);/q;+1/p-1. The molecule has 1 N–H and O–H groups in total. The molecule has 0 amide bonds. The molecule has 0 aromatic heterocycles. The molecule has 0 aliphatic heterocycles. The molecule has 0 aromatic carbocycles. The van der Waals surface area contributed by atoms with Gasteiger partial charge in [0.2, 0.25) is 0 Å². The van der Waals surface area contributed by atoms with Crippen LogP contribution >= 0.6 is 0 Å². The molecule has 0 rings (SSSR count). The number of hydrogen-bond donors (Lipinski definition) is 1. The van der Waals surface area contributed by atoms with E-state index in [1.807, 2.05) is 0 Å². The number of aliphatic carboxylic acids is 1. The molecule has 10 heavy (non-hydrogen) atoms. The van der Waals surface area contributed by atoms with Crippen LogP contribution < -0.4 is 40.0 Å². The molecule has 54 valence electrons. The molecule has 0 saturated carbocycles. The molecule has 0 aromatic rings. The maximum Gasteiger partial charge on any atom is 1.00 e. The summed E-state index contributed by atoms with van der Waals surface area (Å²) in [7, 11) is 0. The molecule has 0 radical (unpaired) electrons. The zero-order valence-corrected chi connectivity index (χ0v) is 8.64. The number of carboxylic acids is 1. The molecule has 4 heteroatoms. The summed E-state index contributed by atoms with van der Waals surface area (Å²) >= 11 is 0. The molecule has 0 aliphatic carbocycles. The third-order valence-corrected chi connectivity index (χ3v) is 0.976. The van der Waals surface area contributed by atoms with Gasteiger partial charge in [0, 0.05) is 6.54 Å². The van der Waals surface area contributed by atoms with Gasteiger partial charge in [-0.3, -0.25) is 0 Å². The van der Waals surface area contributed by atoms with Crippen molar-refractivity contribution in [2.24, 2.45) is 0 Å². The normalized spacial score (nSPS) is 8.50. The fourth-order valence-corrected chi connectivity index (χ4v) is 0.492. The van der Waals surface area contributed by atoms with E-state index in [-0.39, 0.29) is 36.1 Å². The molecule has 0 atom stereocenters. The van der Waals surface area contributed by atoms with Crippen LogP contribution in [0.15, 0.2) is 0 Å². The van der Waals surface area contributed by atoms with Crippen LogP contribution in [0.4, 0.5) is 0 Å². The average molecular weight is 153 g/mol. The van der Waals surface area contributed by atoms with Gasteiger partial charge in [-0.2, -0.15) is 0 Å². The first-order valence-corrected chi connectivity index (χ1v) is 3.18. The quantitative estimate of drug-likeness (QED) is 0.325. The summed E-state index contributed by atoms with van der Waals surface area (Å²) in [5.74, 6) is -1.04. The summed E-state index contributed by atoms with van der Waals surface area (Å²) < 4.78 is 0. The van der Waals surface area contributed by atoms with Crippen LogP contribution in [0.3, 0.4) is 0 Å². The number of carbonyl (C=O) groups excluding carboxylic acids is 1. The predicted molar refractivity (Wildman–Crippen MR) is 32.8 cm³/mol. The average Bonchev–Trinajstić information content (AvgIpc) is 1.80. The van der Waals surface area contributed by atoms with Gasteiger partial charge in [0.05, 0.1) is 5.97 Å². The monoisotopic (exact) mass is 153 g/mol. The van der Waals surface area contributed by atoms with E-state index in [9.17, 15) is 9.90 Å². The number of carbonyl (C=O) groups is 1. The van der Waals surface area contributed by atoms with Gasteiger partial charge >= 0.3 is 29.6 Å². The van der Waals surface area contributed by atoms with Crippen LogP contribution in [-0.2, 0) is 4.79 Å². The Labute approximate surface area is 83.5 Å². The van der Waals surface area contributed by atoms with Gasteiger partial charge in [-0.1, -0.05) is 13.3 Å². The first kappa shape index (κ1) is 13.1. The van der Waals surface area contributed by atoms with Gasteiger partial charge < -0.3 is 15.2 Å². The second-order valence-corrected chi connectivity index (χ2v) is 1.90. The third kappa shape index (κ3) is 11.3. The summed E-state index contributed by atoms with van der Waals surface area (Å²) in [6, 6.07) is 0. The molecule has 0 spiro atoms. The molecule has 0 fully saturated rings. The van der Waals surface area contributed by atoms with Crippen molar-refractivity contribution < 1.29 is 39.5 Å². The molecular weight excluding hydrogens is 141 g/mol. The van der Waals surface area contributed by atoms with Crippen LogP contribution in [0, 0.1) is 0 Å². The summed E-state index contributed by atoms with van der Waals surface area (Å²) in [4.78, 5) is 9.79. The van der Waals surface area contributed by atoms with Crippen molar-refractivity contribution >= 4 is 5.97 Å². The van der Waals surface area contributed by atoms with Crippen molar-refractivity contribution in [1.82, 2.24) is 5.32 Å². The fraction of sp³-hybridized carbons (Fsp3) is 0.833. The Morgan fingerprint density at radius 2 is 2.20 bits per heavy atom. The van der Waals surface area contributed by atoms with Crippen LogP contribution in [0.25, 0.3) is 0 Å². The minimum Gasteiger partial charge on any atom is -0.549 e. The minimum atomic E-state index is -1.04. The van der Waals surface area contributed by atoms with Crippen LogP contribution in [0.2, 0.25) is 0 Å². The second kappa shape index (κ2) is 9.43. The molecule has 0 bridgehead atoms.